The summed E-state index contributed by atoms with van der Waals surface area (Å²) in [6, 6.07) is 19.1. The van der Waals surface area contributed by atoms with E-state index in [4.69, 9.17) is 4.74 Å². The maximum absolute atomic E-state index is 12.1. The van der Waals surface area contributed by atoms with Crippen LogP contribution in [0.25, 0.3) is 0 Å². The minimum absolute atomic E-state index is 0.406. The Bertz CT molecular complexity index is 957. The number of benzene rings is 2. The van der Waals surface area contributed by atoms with Crippen LogP contribution in [0.2, 0.25) is 0 Å². The molecule has 0 spiro atoms. The summed E-state index contributed by atoms with van der Waals surface area (Å²) in [5.74, 6) is -1.08. The van der Waals surface area contributed by atoms with Crippen LogP contribution in [-0.2, 0) is 9.53 Å². The lowest BCUT2D eigenvalue weighted by molar-refractivity contribution is -0.124. The highest BCUT2D eigenvalue weighted by atomic mass is 32.1. The van der Waals surface area contributed by atoms with E-state index in [1.165, 1.54) is 11.3 Å². The lowest BCUT2D eigenvalue weighted by Gasteiger charge is -2.08. The topological polar surface area (TPSA) is 80.6 Å². The van der Waals surface area contributed by atoms with E-state index in [1.807, 2.05) is 67.6 Å². The Morgan fingerprint density at radius 1 is 1.00 bits per heavy atom. The number of carbonyl (C=O) groups excluding carboxylic acids is 2. The van der Waals surface area contributed by atoms with Gasteiger partial charge < -0.3 is 4.74 Å². The van der Waals surface area contributed by atoms with Crippen molar-refractivity contribution in [2.75, 3.05) is 6.61 Å². The minimum Gasteiger partial charge on any atom is -0.451 e. The Kier molecular flexibility index (Phi) is 6.29. The van der Waals surface area contributed by atoms with Crippen molar-refractivity contribution in [2.24, 2.45) is 5.10 Å². The number of hydrogen-bond donors (Lipinski definition) is 1. The molecule has 0 saturated carbocycles. The third-order valence-corrected chi connectivity index (χ3v) is 4.86. The van der Waals surface area contributed by atoms with E-state index in [0.29, 0.717) is 16.3 Å². The van der Waals surface area contributed by atoms with Crippen molar-refractivity contribution in [3.63, 3.8) is 0 Å². The summed E-state index contributed by atoms with van der Waals surface area (Å²) in [5.41, 5.74) is 5.41. The maximum Gasteiger partial charge on any atom is 0.350 e. The van der Waals surface area contributed by atoms with Gasteiger partial charge in [0, 0.05) is 11.1 Å². The average Bonchev–Trinajstić information content (AvgIpc) is 3.06. The number of thiazole rings is 1. The van der Waals surface area contributed by atoms with Gasteiger partial charge >= 0.3 is 5.97 Å². The molecule has 6 nitrogen and oxygen atoms in total. The van der Waals surface area contributed by atoms with Crippen molar-refractivity contribution in [1.29, 1.82) is 0 Å². The first-order chi connectivity index (χ1) is 13.5. The normalized spacial score (nSPS) is 10.2. The summed E-state index contributed by atoms with van der Waals surface area (Å²) < 4.78 is 5.08. The van der Waals surface area contributed by atoms with Gasteiger partial charge in [0.25, 0.3) is 5.91 Å². The molecule has 0 aliphatic carbocycles. The van der Waals surface area contributed by atoms with Crippen LogP contribution < -0.4 is 5.43 Å². The number of esters is 1. The van der Waals surface area contributed by atoms with Gasteiger partial charge in [-0.3, -0.25) is 4.79 Å². The highest BCUT2D eigenvalue weighted by Gasteiger charge is 2.16. The molecule has 3 aromatic rings. The smallest absolute Gasteiger partial charge is 0.350 e. The first kappa shape index (κ1) is 19.4. The van der Waals surface area contributed by atoms with E-state index in [0.717, 1.165) is 16.1 Å². The SMILES string of the molecule is Cc1nc(C)c(C(=O)OCC(=O)NN=C(c2ccccc2)c2ccccc2)s1. The minimum atomic E-state index is -0.562. The van der Waals surface area contributed by atoms with Crippen LogP contribution >= 0.6 is 11.3 Å². The molecule has 0 unspecified atom stereocenters. The van der Waals surface area contributed by atoms with Gasteiger partial charge in [-0.25, -0.2) is 15.2 Å². The molecule has 1 N–H and O–H groups in total. The first-order valence-corrected chi connectivity index (χ1v) is 9.45. The molecule has 0 radical (unpaired) electrons. The van der Waals surface area contributed by atoms with Gasteiger partial charge in [-0.15, -0.1) is 11.3 Å². The molecule has 0 aliphatic heterocycles. The molecule has 0 aliphatic rings. The summed E-state index contributed by atoms with van der Waals surface area (Å²) >= 11 is 1.24. The van der Waals surface area contributed by atoms with Gasteiger partial charge in [0.1, 0.15) is 4.88 Å². The van der Waals surface area contributed by atoms with Gasteiger partial charge in [-0.05, 0) is 13.8 Å². The summed E-state index contributed by atoms with van der Waals surface area (Å²) in [5, 5.41) is 5.02. The number of aromatic nitrogens is 1. The van der Waals surface area contributed by atoms with Crippen molar-refractivity contribution in [2.45, 2.75) is 13.8 Å². The van der Waals surface area contributed by atoms with E-state index in [1.54, 1.807) is 6.92 Å². The number of nitrogens with one attached hydrogen (secondary N) is 1. The summed E-state index contributed by atoms with van der Waals surface area (Å²) in [6.45, 7) is 3.12. The lowest BCUT2D eigenvalue weighted by atomic mass is 10.0. The van der Waals surface area contributed by atoms with Gasteiger partial charge in [-0.1, -0.05) is 60.7 Å². The molecule has 1 heterocycles. The standard InChI is InChI=1S/C21H19N3O3S/c1-14-20(28-15(2)22-14)21(26)27-13-18(25)23-24-19(16-9-5-3-6-10-16)17-11-7-4-8-12-17/h3-12H,13H2,1-2H3,(H,23,25). The van der Waals surface area contributed by atoms with Crippen molar-refractivity contribution in [3.8, 4) is 0 Å². The second-order valence-corrected chi connectivity index (χ2v) is 7.15. The van der Waals surface area contributed by atoms with Gasteiger partial charge in [0.15, 0.2) is 6.61 Å². The Labute approximate surface area is 166 Å². The molecule has 2 aromatic carbocycles. The van der Waals surface area contributed by atoms with E-state index >= 15 is 0 Å². The monoisotopic (exact) mass is 393 g/mol. The highest BCUT2D eigenvalue weighted by molar-refractivity contribution is 7.13. The number of hydrogen-bond acceptors (Lipinski definition) is 6. The highest BCUT2D eigenvalue weighted by Crippen LogP contribution is 2.18. The largest absolute Gasteiger partial charge is 0.451 e. The second kappa shape index (κ2) is 9.05. The van der Waals surface area contributed by atoms with Crippen LogP contribution in [0, 0.1) is 13.8 Å². The zero-order valence-corrected chi connectivity index (χ0v) is 16.3. The quantitative estimate of drug-likeness (QED) is 0.395. The first-order valence-electron chi connectivity index (χ1n) is 8.63. The van der Waals surface area contributed by atoms with E-state index < -0.39 is 18.5 Å². The summed E-state index contributed by atoms with van der Waals surface area (Å²) in [6.07, 6.45) is 0. The zero-order valence-electron chi connectivity index (χ0n) is 15.5. The third-order valence-electron chi connectivity index (χ3n) is 3.81. The van der Waals surface area contributed by atoms with Gasteiger partial charge in [-0.2, -0.15) is 5.10 Å². The van der Waals surface area contributed by atoms with Crippen molar-refractivity contribution in [1.82, 2.24) is 10.4 Å². The fourth-order valence-corrected chi connectivity index (χ4v) is 3.37. The predicted octanol–water partition coefficient (Wildman–Crippen LogP) is 3.49. The molecule has 0 bridgehead atoms. The molecule has 0 saturated heterocycles. The molecule has 1 aromatic heterocycles. The number of amides is 1. The van der Waals surface area contributed by atoms with Crippen molar-refractivity contribution in [3.05, 3.63) is 87.4 Å². The Morgan fingerprint density at radius 3 is 2.07 bits per heavy atom. The number of rotatable bonds is 6. The summed E-state index contributed by atoms with van der Waals surface area (Å²) in [7, 11) is 0. The van der Waals surface area contributed by atoms with Crippen LogP contribution in [0.4, 0.5) is 0 Å². The van der Waals surface area contributed by atoms with Crippen LogP contribution in [0.5, 0.6) is 0 Å². The fraction of sp³-hybridized carbons (Fsp3) is 0.143. The molecule has 1 amide bonds. The molecular weight excluding hydrogens is 374 g/mol. The summed E-state index contributed by atoms with van der Waals surface area (Å²) in [4.78, 5) is 28.8. The fourth-order valence-electron chi connectivity index (χ4n) is 2.56. The second-order valence-electron chi connectivity index (χ2n) is 5.95. The Hall–Kier alpha value is -3.32. The third kappa shape index (κ3) is 4.89. The molecule has 0 atom stereocenters. The van der Waals surface area contributed by atoms with Crippen molar-refractivity contribution < 1.29 is 14.3 Å². The van der Waals surface area contributed by atoms with Crippen LogP contribution in [-0.4, -0.2) is 29.2 Å². The molecule has 28 heavy (non-hydrogen) atoms. The number of hydrazone groups is 1. The predicted molar refractivity (Wildman–Crippen MR) is 109 cm³/mol. The van der Waals surface area contributed by atoms with E-state index in [-0.39, 0.29) is 0 Å². The van der Waals surface area contributed by atoms with Crippen molar-refractivity contribution >= 4 is 28.9 Å². The lowest BCUT2D eigenvalue weighted by Crippen LogP contribution is -2.26. The molecule has 3 rings (SSSR count). The molecule has 7 heteroatoms. The van der Waals surface area contributed by atoms with Gasteiger partial charge in [0.05, 0.1) is 16.4 Å². The molecule has 142 valence electrons. The molecule has 0 fully saturated rings. The van der Waals surface area contributed by atoms with E-state index in [9.17, 15) is 9.59 Å². The van der Waals surface area contributed by atoms with Crippen LogP contribution in [0.3, 0.4) is 0 Å². The number of nitrogens with zero attached hydrogens (tertiary/aromatic N) is 2. The number of aryl methyl sites for hydroxylation is 2. The average molecular weight is 393 g/mol. The maximum atomic E-state index is 12.1. The Balaban J connectivity index is 1.68. The number of ether oxygens (including phenoxy) is 1. The number of carbonyl (C=O) groups is 2. The van der Waals surface area contributed by atoms with Crippen LogP contribution in [0.1, 0.15) is 31.5 Å². The molecular formula is C21H19N3O3S. The van der Waals surface area contributed by atoms with Gasteiger partial charge in [0.2, 0.25) is 0 Å². The zero-order chi connectivity index (χ0) is 19.9. The Morgan fingerprint density at radius 2 is 1.57 bits per heavy atom. The van der Waals surface area contributed by atoms with E-state index in [2.05, 4.69) is 15.5 Å². The van der Waals surface area contributed by atoms with Crippen LogP contribution in [0.15, 0.2) is 65.8 Å².